The number of allylic oxidation sites excluding steroid dienone is 1. The minimum Gasteiger partial charge on any atom is -0.493 e. The fraction of sp³-hybridized carbons (Fsp3) is 0.238. The summed E-state index contributed by atoms with van der Waals surface area (Å²) in [5, 5.41) is 5.29. The fourth-order valence-corrected chi connectivity index (χ4v) is 3.05. The Morgan fingerprint density at radius 2 is 1.83 bits per heavy atom. The number of halogens is 1. The van der Waals surface area contributed by atoms with Crippen LogP contribution in [0.5, 0.6) is 11.5 Å². The van der Waals surface area contributed by atoms with Crippen LogP contribution in [0.3, 0.4) is 0 Å². The first-order valence-electron chi connectivity index (χ1n) is 8.84. The molecule has 1 atom stereocenters. The lowest BCUT2D eigenvalue weighted by molar-refractivity contribution is -0.136. The molecule has 2 aromatic carbocycles. The number of methoxy groups -OCH3 is 2. The van der Waals surface area contributed by atoms with Crippen LogP contribution < -0.4 is 20.1 Å². The largest absolute Gasteiger partial charge is 0.493 e. The van der Waals surface area contributed by atoms with Gasteiger partial charge in [-0.25, -0.2) is 14.0 Å². The number of nitrogens with one attached hydrogen (secondary N) is 2. The number of urea groups is 1. The van der Waals surface area contributed by atoms with Crippen molar-refractivity contribution in [2.24, 2.45) is 0 Å². The van der Waals surface area contributed by atoms with E-state index in [4.69, 9.17) is 14.2 Å². The molecule has 0 aromatic heterocycles. The quantitative estimate of drug-likeness (QED) is 0.728. The average Bonchev–Trinajstić information content (AvgIpc) is 2.72. The predicted molar refractivity (Wildman–Crippen MR) is 103 cm³/mol. The zero-order valence-electron chi connectivity index (χ0n) is 16.2. The molecular formula is C21H21FN2O5. The zero-order chi connectivity index (χ0) is 21.0. The van der Waals surface area contributed by atoms with Gasteiger partial charge in [-0.3, -0.25) is 0 Å². The van der Waals surface area contributed by atoms with Crippen molar-refractivity contribution in [2.45, 2.75) is 19.6 Å². The van der Waals surface area contributed by atoms with Crippen LogP contribution in [0, 0.1) is 5.82 Å². The molecule has 1 aliphatic rings. The maximum atomic E-state index is 13.0. The highest BCUT2D eigenvalue weighted by Gasteiger charge is 2.32. The van der Waals surface area contributed by atoms with E-state index in [1.54, 1.807) is 37.3 Å². The summed E-state index contributed by atoms with van der Waals surface area (Å²) in [6.07, 6.45) is 0. The maximum Gasteiger partial charge on any atom is 0.337 e. The minimum atomic E-state index is -0.698. The third-order valence-corrected chi connectivity index (χ3v) is 4.50. The van der Waals surface area contributed by atoms with Gasteiger partial charge in [0.1, 0.15) is 12.4 Å². The lowest BCUT2D eigenvalue weighted by Gasteiger charge is -2.28. The van der Waals surface area contributed by atoms with Crippen molar-refractivity contribution in [1.29, 1.82) is 0 Å². The van der Waals surface area contributed by atoms with Crippen LogP contribution in [-0.4, -0.2) is 26.2 Å². The number of amides is 2. The molecule has 0 saturated carbocycles. The number of rotatable bonds is 6. The molecule has 152 valence electrons. The first-order chi connectivity index (χ1) is 13.9. The van der Waals surface area contributed by atoms with E-state index in [2.05, 4.69) is 10.6 Å². The fourth-order valence-electron chi connectivity index (χ4n) is 3.05. The highest BCUT2D eigenvalue weighted by atomic mass is 19.1. The topological polar surface area (TPSA) is 85.9 Å². The van der Waals surface area contributed by atoms with Gasteiger partial charge in [-0.05, 0) is 42.3 Å². The van der Waals surface area contributed by atoms with Gasteiger partial charge in [0.15, 0.2) is 11.5 Å². The van der Waals surface area contributed by atoms with Crippen LogP contribution in [0.25, 0.3) is 0 Å². The molecule has 0 radical (unpaired) electrons. The van der Waals surface area contributed by atoms with Gasteiger partial charge in [0.25, 0.3) is 0 Å². The third-order valence-electron chi connectivity index (χ3n) is 4.50. The minimum absolute atomic E-state index is 0.229. The van der Waals surface area contributed by atoms with Gasteiger partial charge in [0.2, 0.25) is 0 Å². The number of hydrogen-bond donors (Lipinski definition) is 2. The van der Waals surface area contributed by atoms with Crippen molar-refractivity contribution in [2.75, 3.05) is 14.2 Å². The molecule has 29 heavy (non-hydrogen) atoms. The molecule has 0 unspecified atom stereocenters. The Morgan fingerprint density at radius 3 is 2.48 bits per heavy atom. The Bertz CT molecular complexity index is 956. The number of benzene rings is 2. The molecule has 2 amide bonds. The number of hydrogen-bond acceptors (Lipinski definition) is 5. The summed E-state index contributed by atoms with van der Waals surface area (Å²) in [6.45, 7) is 1.86. The third kappa shape index (κ3) is 4.48. The molecule has 1 aliphatic heterocycles. The van der Waals surface area contributed by atoms with Gasteiger partial charge in [0, 0.05) is 5.70 Å². The van der Waals surface area contributed by atoms with E-state index in [1.807, 2.05) is 0 Å². The molecule has 8 heteroatoms. The van der Waals surface area contributed by atoms with Crippen LogP contribution in [0.15, 0.2) is 53.7 Å². The van der Waals surface area contributed by atoms with E-state index in [0.29, 0.717) is 28.3 Å². The molecule has 0 fully saturated rings. The molecule has 0 aliphatic carbocycles. The van der Waals surface area contributed by atoms with Gasteiger partial charge in [-0.2, -0.15) is 0 Å². The van der Waals surface area contributed by atoms with Gasteiger partial charge in [-0.1, -0.05) is 18.2 Å². The van der Waals surface area contributed by atoms with E-state index in [-0.39, 0.29) is 12.4 Å². The second kappa shape index (κ2) is 8.64. The van der Waals surface area contributed by atoms with Gasteiger partial charge in [0.05, 0.1) is 25.8 Å². The summed E-state index contributed by atoms with van der Waals surface area (Å²) in [7, 11) is 2.77. The smallest absolute Gasteiger partial charge is 0.337 e. The van der Waals surface area contributed by atoms with Gasteiger partial charge in [-0.15, -0.1) is 0 Å². The second-order valence-corrected chi connectivity index (χ2v) is 6.39. The van der Waals surface area contributed by atoms with E-state index in [0.717, 1.165) is 5.56 Å². The Kier molecular flexibility index (Phi) is 6.01. The lowest BCUT2D eigenvalue weighted by Crippen LogP contribution is -2.45. The summed E-state index contributed by atoms with van der Waals surface area (Å²) < 4.78 is 29.1. The number of carbonyl (C=O) groups is 2. The number of carbonyl (C=O) groups excluding carboxylic acids is 2. The molecule has 3 rings (SSSR count). The van der Waals surface area contributed by atoms with Gasteiger partial charge < -0.3 is 24.8 Å². The van der Waals surface area contributed by atoms with Crippen LogP contribution >= 0.6 is 0 Å². The maximum absolute atomic E-state index is 13.0. The Hall–Kier alpha value is -3.55. The van der Waals surface area contributed by atoms with Crippen molar-refractivity contribution >= 4 is 12.0 Å². The van der Waals surface area contributed by atoms with Crippen molar-refractivity contribution in [3.63, 3.8) is 0 Å². The van der Waals surface area contributed by atoms with Crippen molar-refractivity contribution in [3.8, 4) is 11.5 Å². The summed E-state index contributed by atoms with van der Waals surface area (Å²) >= 11 is 0. The highest BCUT2D eigenvalue weighted by Crippen LogP contribution is 2.34. The molecular weight excluding hydrogens is 379 g/mol. The average molecular weight is 400 g/mol. The van der Waals surface area contributed by atoms with Crippen molar-refractivity contribution in [1.82, 2.24) is 10.6 Å². The first kappa shape index (κ1) is 20.2. The van der Waals surface area contributed by atoms with E-state index >= 15 is 0 Å². The van der Waals surface area contributed by atoms with Crippen molar-refractivity contribution < 1.29 is 28.2 Å². The van der Waals surface area contributed by atoms with Crippen LogP contribution in [0.4, 0.5) is 9.18 Å². The second-order valence-electron chi connectivity index (χ2n) is 6.39. The van der Waals surface area contributed by atoms with Gasteiger partial charge >= 0.3 is 12.0 Å². The summed E-state index contributed by atoms with van der Waals surface area (Å²) in [5.41, 5.74) is 2.15. The Balaban J connectivity index is 1.87. The van der Waals surface area contributed by atoms with Crippen LogP contribution in [0.2, 0.25) is 0 Å². The molecule has 2 N–H and O–H groups in total. The van der Waals surface area contributed by atoms with E-state index in [1.165, 1.54) is 26.4 Å². The SMILES string of the molecule is COC(=O)C1=C(C)NC(=O)N[C@H]1c1ccc(OCc2ccc(F)cc2)c(OC)c1. The molecule has 0 spiro atoms. The molecule has 0 bridgehead atoms. The standard InChI is InChI=1S/C21H21FN2O5/c1-12-18(20(25)28-3)19(24-21(26)23-12)14-6-9-16(17(10-14)27-2)29-11-13-4-7-15(22)8-5-13/h4-10,19H,11H2,1-3H3,(H2,23,24,26)/t19-/m0/s1. The van der Waals surface area contributed by atoms with E-state index < -0.39 is 18.0 Å². The summed E-state index contributed by atoms with van der Waals surface area (Å²) in [6, 6.07) is 9.99. The highest BCUT2D eigenvalue weighted by molar-refractivity contribution is 5.95. The lowest BCUT2D eigenvalue weighted by atomic mass is 9.95. The number of ether oxygens (including phenoxy) is 3. The first-order valence-corrected chi connectivity index (χ1v) is 8.84. The monoisotopic (exact) mass is 400 g/mol. The molecule has 1 heterocycles. The molecule has 2 aromatic rings. The van der Waals surface area contributed by atoms with E-state index in [9.17, 15) is 14.0 Å². The molecule has 7 nitrogen and oxygen atoms in total. The zero-order valence-corrected chi connectivity index (χ0v) is 16.2. The Labute approximate surface area is 167 Å². The van der Waals surface area contributed by atoms with Crippen LogP contribution in [0.1, 0.15) is 24.1 Å². The summed E-state index contributed by atoms with van der Waals surface area (Å²) in [4.78, 5) is 24.1. The Morgan fingerprint density at radius 1 is 1.10 bits per heavy atom. The normalized spacial score (nSPS) is 16.0. The van der Waals surface area contributed by atoms with Crippen molar-refractivity contribution in [3.05, 3.63) is 70.7 Å². The number of esters is 1. The predicted octanol–water partition coefficient (Wildman–Crippen LogP) is 3.21. The molecule has 0 saturated heterocycles. The summed E-state index contributed by atoms with van der Waals surface area (Å²) in [5.74, 6) is 0.0421. The van der Waals surface area contributed by atoms with Crippen LogP contribution in [-0.2, 0) is 16.1 Å².